The molecule has 5 nitrogen and oxygen atoms in total. The largest absolute Gasteiger partial charge is 0.315 e. The average molecular weight is 344 g/mol. The SMILES string of the molecule is C#CCN1C(=O)CC2(C1=O)c1ccccc1C(=O)N2Cc1ccccc1. The molecule has 0 radical (unpaired) electrons. The van der Waals surface area contributed by atoms with E-state index in [4.69, 9.17) is 6.42 Å². The van der Waals surface area contributed by atoms with Crippen LogP contribution in [0.5, 0.6) is 0 Å². The number of fused-ring (bicyclic) bond motifs is 2. The first-order valence-corrected chi connectivity index (χ1v) is 8.33. The van der Waals surface area contributed by atoms with Crippen molar-refractivity contribution < 1.29 is 14.4 Å². The molecule has 1 unspecified atom stereocenters. The van der Waals surface area contributed by atoms with Crippen LogP contribution in [-0.2, 0) is 21.7 Å². The predicted octanol–water partition coefficient (Wildman–Crippen LogP) is 1.93. The van der Waals surface area contributed by atoms with Crippen molar-refractivity contribution in [1.82, 2.24) is 9.80 Å². The van der Waals surface area contributed by atoms with E-state index in [-0.39, 0.29) is 31.3 Å². The third kappa shape index (κ3) is 2.09. The van der Waals surface area contributed by atoms with Gasteiger partial charge >= 0.3 is 0 Å². The Labute approximate surface area is 151 Å². The van der Waals surface area contributed by atoms with Crippen molar-refractivity contribution >= 4 is 17.7 Å². The van der Waals surface area contributed by atoms with Crippen LogP contribution in [0.2, 0.25) is 0 Å². The lowest BCUT2D eigenvalue weighted by molar-refractivity contribution is -0.141. The smallest absolute Gasteiger partial charge is 0.261 e. The van der Waals surface area contributed by atoms with E-state index in [0.29, 0.717) is 11.1 Å². The summed E-state index contributed by atoms with van der Waals surface area (Å²) in [6, 6.07) is 16.4. The molecule has 1 atom stereocenters. The van der Waals surface area contributed by atoms with E-state index in [1.807, 2.05) is 30.3 Å². The molecule has 2 aliphatic heterocycles. The molecule has 26 heavy (non-hydrogen) atoms. The summed E-state index contributed by atoms with van der Waals surface area (Å²) in [6.45, 7) is 0.159. The highest BCUT2D eigenvalue weighted by molar-refractivity contribution is 6.15. The third-order valence-electron chi connectivity index (χ3n) is 5.05. The van der Waals surface area contributed by atoms with Gasteiger partial charge in [0.05, 0.1) is 13.0 Å². The van der Waals surface area contributed by atoms with Crippen molar-refractivity contribution in [2.75, 3.05) is 6.54 Å². The maximum atomic E-state index is 13.3. The lowest BCUT2D eigenvalue weighted by Gasteiger charge is -2.33. The summed E-state index contributed by atoms with van der Waals surface area (Å²) in [5.74, 6) is 1.34. The van der Waals surface area contributed by atoms with Crippen molar-refractivity contribution in [2.45, 2.75) is 18.5 Å². The van der Waals surface area contributed by atoms with Crippen LogP contribution in [0.25, 0.3) is 0 Å². The summed E-state index contributed by atoms with van der Waals surface area (Å²) < 4.78 is 0. The van der Waals surface area contributed by atoms with Crippen molar-refractivity contribution in [2.24, 2.45) is 0 Å². The Balaban J connectivity index is 1.86. The maximum Gasteiger partial charge on any atom is 0.261 e. The van der Waals surface area contributed by atoms with Gasteiger partial charge in [-0.05, 0) is 11.6 Å². The zero-order chi connectivity index (χ0) is 18.3. The number of rotatable bonds is 3. The molecule has 0 bridgehead atoms. The maximum absolute atomic E-state index is 13.3. The fraction of sp³-hybridized carbons (Fsp3) is 0.190. The number of amides is 3. The van der Waals surface area contributed by atoms with E-state index in [9.17, 15) is 14.4 Å². The van der Waals surface area contributed by atoms with Gasteiger partial charge in [-0.15, -0.1) is 6.42 Å². The Morgan fingerprint density at radius 2 is 1.69 bits per heavy atom. The highest BCUT2D eigenvalue weighted by Crippen LogP contribution is 2.47. The van der Waals surface area contributed by atoms with E-state index < -0.39 is 11.4 Å². The predicted molar refractivity (Wildman–Crippen MR) is 94.6 cm³/mol. The first-order chi connectivity index (χ1) is 12.6. The highest BCUT2D eigenvalue weighted by Gasteiger charge is 2.62. The first kappa shape index (κ1) is 16.1. The molecule has 0 aliphatic carbocycles. The lowest BCUT2D eigenvalue weighted by atomic mass is 9.87. The van der Waals surface area contributed by atoms with E-state index in [1.54, 1.807) is 24.3 Å². The summed E-state index contributed by atoms with van der Waals surface area (Å²) in [6.07, 6.45) is 5.24. The minimum atomic E-state index is -1.31. The van der Waals surface area contributed by atoms with Crippen LogP contribution in [0.4, 0.5) is 0 Å². The molecule has 2 aromatic rings. The number of hydrogen-bond acceptors (Lipinski definition) is 3. The summed E-state index contributed by atoms with van der Waals surface area (Å²) in [7, 11) is 0. The lowest BCUT2D eigenvalue weighted by Crippen LogP contribution is -2.49. The second-order valence-electron chi connectivity index (χ2n) is 6.45. The molecular formula is C21H16N2O3. The minimum absolute atomic E-state index is 0.0803. The summed E-state index contributed by atoms with van der Waals surface area (Å²) >= 11 is 0. The van der Waals surface area contributed by atoms with Crippen LogP contribution in [0.1, 0.15) is 27.9 Å². The number of benzene rings is 2. The Kier molecular flexibility index (Phi) is 3.62. The fourth-order valence-corrected chi connectivity index (χ4v) is 3.87. The monoisotopic (exact) mass is 344 g/mol. The number of hydrogen-bond donors (Lipinski definition) is 0. The Bertz CT molecular complexity index is 961. The van der Waals surface area contributed by atoms with Crippen LogP contribution < -0.4 is 0 Å². The molecule has 0 saturated carbocycles. The summed E-state index contributed by atoms with van der Waals surface area (Å²) in [4.78, 5) is 41.5. The summed E-state index contributed by atoms with van der Waals surface area (Å²) in [5.41, 5.74) is 0.631. The normalized spacial score (nSPS) is 21.4. The number of likely N-dealkylation sites (tertiary alicyclic amines) is 1. The van der Waals surface area contributed by atoms with Gasteiger partial charge < -0.3 is 4.90 Å². The second-order valence-corrected chi connectivity index (χ2v) is 6.45. The van der Waals surface area contributed by atoms with E-state index in [1.165, 1.54) is 4.90 Å². The van der Waals surface area contributed by atoms with Crippen LogP contribution >= 0.6 is 0 Å². The quantitative estimate of drug-likeness (QED) is 0.631. The molecule has 5 heteroatoms. The van der Waals surface area contributed by atoms with Gasteiger partial charge in [0.2, 0.25) is 5.91 Å². The zero-order valence-corrected chi connectivity index (χ0v) is 14.0. The second kappa shape index (κ2) is 5.85. The number of terminal acetylenes is 1. The highest BCUT2D eigenvalue weighted by atomic mass is 16.2. The molecule has 1 fully saturated rings. The zero-order valence-electron chi connectivity index (χ0n) is 14.0. The van der Waals surface area contributed by atoms with Gasteiger partial charge in [-0.2, -0.15) is 0 Å². The number of carbonyl (C=O) groups is 3. The molecule has 1 saturated heterocycles. The molecule has 2 aliphatic rings. The third-order valence-corrected chi connectivity index (χ3v) is 5.05. The molecular weight excluding hydrogens is 328 g/mol. The van der Waals surface area contributed by atoms with Crippen molar-refractivity contribution in [3.05, 3.63) is 71.3 Å². The van der Waals surface area contributed by atoms with Crippen LogP contribution in [0.3, 0.4) is 0 Å². The van der Waals surface area contributed by atoms with Gasteiger partial charge in [-0.1, -0.05) is 54.5 Å². The van der Waals surface area contributed by atoms with Crippen LogP contribution in [-0.4, -0.2) is 34.1 Å². The topological polar surface area (TPSA) is 57.7 Å². The molecule has 3 amide bonds. The Hall–Kier alpha value is -3.39. The van der Waals surface area contributed by atoms with E-state index in [2.05, 4.69) is 5.92 Å². The number of nitrogens with zero attached hydrogens (tertiary/aromatic N) is 2. The van der Waals surface area contributed by atoms with Gasteiger partial charge in [-0.25, -0.2) is 0 Å². The average Bonchev–Trinajstić information content (AvgIpc) is 3.05. The minimum Gasteiger partial charge on any atom is -0.315 e. The van der Waals surface area contributed by atoms with Crippen molar-refractivity contribution in [3.63, 3.8) is 0 Å². The Morgan fingerprint density at radius 1 is 1.00 bits per heavy atom. The van der Waals surface area contributed by atoms with Gasteiger partial charge in [0.15, 0.2) is 5.54 Å². The Morgan fingerprint density at radius 3 is 2.42 bits per heavy atom. The molecule has 128 valence electrons. The van der Waals surface area contributed by atoms with Gasteiger partial charge in [-0.3, -0.25) is 19.3 Å². The molecule has 2 heterocycles. The van der Waals surface area contributed by atoms with Gasteiger partial charge in [0, 0.05) is 17.7 Å². The van der Waals surface area contributed by atoms with Crippen molar-refractivity contribution in [1.29, 1.82) is 0 Å². The molecule has 2 aromatic carbocycles. The van der Waals surface area contributed by atoms with Crippen LogP contribution in [0.15, 0.2) is 54.6 Å². The van der Waals surface area contributed by atoms with Gasteiger partial charge in [0.25, 0.3) is 11.8 Å². The molecule has 0 aromatic heterocycles. The fourth-order valence-electron chi connectivity index (χ4n) is 3.87. The summed E-state index contributed by atoms with van der Waals surface area (Å²) in [5, 5.41) is 0. The standard InChI is InChI=1S/C21H16N2O3/c1-2-12-22-18(24)13-21(20(22)26)17-11-7-6-10-16(17)19(25)23(21)14-15-8-4-3-5-9-15/h1,3-11H,12-14H2. The van der Waals surface area contributed by atoms with E-state index in [0.717, 1.165) is 10.5 Å². The number of carbonyl (C=O) groups excluding carboxylic acids is 3. The van der Waals surface area contributed by atoms with Crippen molar-refractivity contribution in [3.8, 4) is 12.3 Å². The molecule has 4 rings (SSSR count). The number of imide groups is 1. The molecule has 0 N–H and O–H groups in total. The van der Waals surface area contributed by atoms with Gasteiger partial charge in [0.1, 0.15) is 0 Å². The van der Waals surface area contributed by atoms with E-state index >= 15 is 0 Å². The van der Waals surface area contributed by atoms with Crippen LogP contribution in [0, 0.1) is 12.3 Å². The molecule has 1 spiro atoms. The first-order valence-electron chi connectivity index (χ1n) is 8.33.